The van der Waals surface area contributed by atoms with Gasteiger partial charge < -0.3 is 5.32 Å². The van der Waals surface area contributed by atoms with Crippen LogP contribution in [0, 0.1) is 5.92 Å². The molecule has 0 spiro atoms. The molecule has 1 amide bonds. The number of hydrogen-bond donors (Lipinski definition) is 1. The van der Waals surface area contributed by atoms with Gasteiger partial charge in [-0.25, -0.2) is 0 Å². The molecule has 0 radical (unpaired) electrons. The molecule has 0 aliphatic carbocycles. The van der Waals surface area contributed by atoms with Crippen molar-refractivity contribution in [1.29, 1.82) is 0 Å². The Morgan fingerprint density at radius 2 is 1.96 bits per heavy atom. The van der Waals surface area contributed by atoms with Crippen molar-refractivity contribution in [3.05, 3.63) is 35.4 Å². The van der Waals surface area contributed by atoms with Crippen LogP contribution in [-0.4, -0.2) is 74.7 Å². The lowest BCUT2D eigenvalue weighted by Crippen LogP contribution is -2.49. The van der Waals surface area contributed by atoms with Gasteiger partial charge in [0.25, 0.3) is 10.2 Å². The van der Waals surface area contributed by atoms with E-state index >= 15 is 0 Å². The number of carbonyl (C=O) groups is 1. The van der Waals surface area contributed by atoms with Crippen LogP contribution in [-0.2, 0) is 28.0 Å². The predicted octanol–water partition coefficient (Wildman–Crippen LogP) is 1.07. The van der Waals surface area contributed by atoms with Gasteiger partial charge in [-0.1, -0.05) is 24.3 Å². The lowest BCUT2D eigenvalue weighted by molar-refractivity contribution is -0.126. The Balaban J connectivity index is 1.40. The zero-order chi connectivity index (χ0) is 20.1. The van der Waals surface area contributed by atoms with Crippen molar-refractivity contribution < 1.29 is 13.2 Å². The molecule has 1 aromatic carbocycles. The van der Waals surface area contributed by atoms with Crippen molar-refractivity contribution in [3.8, 4) is 0 Å². The maximum absolute atomic E-state index is 12.5. The first kappa shape index (κ1) is 21.2. The lowest BCUT2D eigenvalue weighted by atomic mass is 9.99. The quantitative estimate of drug-likeness (QED) is 0.685. The summed E-state index contributed by atoms with van der Waals surface area (Å²) in [6.45, 7) is 4.39. The van der Waals surface area contributed by atoms with Gasteiger partial charge >= 0.3 is 0 Å². The first-order chi connectivity index (χ1) is 13.4. The number of carbonyl (C=O) groups excluding carboxylic acids is 1. The van der Waals surface area contributed by atoms with Gasteiger partial charge in [0.1, 0.15) is 0 Å². The second-order valence-electron chi connectivity index (χ2n) is 7.93. The summed E-state index contributed by atoms with van der Waals surface area (Å²) < 4.78 is 27.2. The highest BCUT2D eigenvalue weighted by molar-refractivity contribution is 7.86. The van der Waals surface area contributed by atoms with Gasteiger partial charge in [-0.15, -0.1) is 0 Å². The van der Waals surface area contributed by atoms with Crippen molar-refractivity contribution >= 4 is 16.1 Å². The number of benzene rings is 1. The largest absolute Gasteiger partial charge is 0.356 e. The van der Waals surface area contributed by atoms with Crippen LogP contribution >= 0.6 is 0 Å². The average molecular weight is 409 g/mol. The van der Waals surface area contributed by atoms with Crippen LogP contribution < -0.4 is 5.32 Å². The molecule has 3 rings (SSSR count). The second-order valence-corrected chi connectivity index (χ2v) is 10.1. The lowest BCUT2D eigenvalue weighted by Gasteiger charge is -2.33. The third-order valence-electron chi connectivity index (χ3n) is 5.70. The number of amides is 1. The predicted molar refractivity (Wildman–Crippen MR) is 110 cm³/mol. The summed E-state index contributed by atoms with van der Waals surface area (Å²) in [5, 5.41) is 3.01. The smallest absolute Gasteiger partial charge is 0.281 e. The van der Waals surface area contributed by atoms with E-state index in [1.165, 1.54) is 33.8 Å². The van der Waals surface area contributed by atoms with Crippen molar-refractivity contribution in [1.82, 2.24) is 18.8 Å². The summed E-state index contributed by atoms with van der Waals surface area (Å²) in [6.07, 6.45) is 3.45. The normalized spacial score (nSPS) is 21.5. The van der Waals surface area contributed by atoms with E-state index in [2.05, 4.69) is 34.5 Å². The summed E-state index contributed by atoms with van der Waals surface area (Å²) in [6, 6.07) is 8.59. The van der Waals surface area contributed by atoms with Crippen LogP contribution in [0.15, 0.2) is 24.3 Å². The molecule has 0 saturated carbocycles. The van der Waals surface area contributed by atoms with Gasteiger partial charge in [-0.2, -0.15) is 17.0 Å². The highest BCUT2D eigenvalue weighted by Crippen LogP contribution is 2.21. The molecule has 1 unspecified atom stereocenters. The fourth-order valence-electron chi connectivity index (χ4n) is 4.00. The topological polar surface area (TPSA) is 73.0 Å². The molecule has 0 aromatic heterocycles. The number of hydrogen-bond acceptors (Lipinski definition) is 4. The monoisotopic (exact) mass is 408 g/mol. The van der Waals surface area contributed by atoms with Gasteiger partial charge in [0.05, 0.1) is 5.92 Å². The summed E-state index contributed by atoms with van der Waals surface area (Å²) in [5.41, 5.74) is 2.85. The van der Waals surface area contributed by atoms with Gasteiger partial charge in [-0.3, -0.25) is 9.69 Å². The minimum atomic E-state index is -3.45. The first-order valence-corrected chi connectivity index (χ1v) is 11.5. The van der Waals surface area contributed by atoms with Crippen LogP contribution in [0.5, 0.6) is 0 Å². The van der Waals surface area contributed by atoms with Gasteiger partial charge in [0.2, 0.25) is 5.91 Å². The molecule has 2 aliphatic heterocycles. The highest BCUT2D eigenvalue weighted by atomic mass is 32.2. The fourth-order valence-corrected chi connectivity index (χ4v) is 5.19. The van der Waals surface area contributed by atoms with Gasteiger partial charge in [-0.05, 0) is 36.8 Å². The van der Waals surface area contributed by atoms with Crippen LogP contribution in [0.25, 0.3) is 0 Å². The maximum atomic E-state index is 12.5. The molecule has 28 heavy (non-hydrogen) atoms. The van der Waals surface area contributed by atoms with Gasteiger partial charge in [0.15, 0.2) is 0 Å². The Morgan fingerprint density at radius 1 is 1.21 bits per heavy atom. The third kappa shape index (κ3) is 5.11. The van der Waals surface area contributed by atoms with Crippen LogP contribution in [0.4, 0.5) is 0 Å². The van der Waals surface area contributed by atoms with Crippen molar-refractivity contribution in [2.24, 2.45) is 5.92 Å². The van der Waals surface area contributed by atoms with Crippen LogP contribution in [0.1, 0.15) is 30.4 Å². The molecule has 1 atom stereocenters. The van der Waals surface area contributed by atoms with E-state index in [1.807, 2.05) is 0 Å². The molecule has 1 aromatic rings. The van der Waals surface area contributed by atoms with E-state index in [4.69, 9.17) is 0 Å². The SMILES string of the molecule is CN(C)S(=O)(=O)N1CCCC(C(=O)NCCCN2CCc3ccccc3C2)C1. The van der Waals surface area contributed by atoms with Crippen molar-refractivity contribution in [2.45, 2.75) is 32.2 Å². The van der Waals surface area contributed by atoms with E-state index in [-0.39, 0.29) is 18.4 Å². The average Bonchev–Trinajstić information content (AvgIpc) is 2.71. The third-order valence-corrected chi connectivity index (χ3v) is 7.61. The maximum Gasteiger partial charge on any atom is 0.281 e. The Labute approximate surface area is 168 Å². The number of nitrogens with zero attached hydrogens (tertiary/aromatic N) is 3. The van der Waals surface area contributed by atoms with E-state index in [9.17, 15) is 13.2 Å². The summed E-state index contributed by atoms with van der Waals surface area (Å²) >= 11 is 0. The fraction of sp³-hybridized carbons (Fsp3) is 0.650. The molecular formula is C20H32N4O3S. The summed E-state index contributed by atoms with van der Waals surface area (Å²) in [4.78, 5) is 14.9. The molecule has 1 saturated heterocycles. The Bertz CT molecular complexity index is 781. The Hall–Kier alpha value is -1.48. The van der Waals surface area contributed by atoms with Crippen LogP contribution in [0.2, 0.25) is 0 Å². The molecule has 1 fully saturated rings. The highest BCUT2D eigenvalue weighted by Gasteiger charge is 2.33. The molecule has 2 heterocycles. The molecule has 2 aliphatic rings. The minimum Gasteiger partial charge on any atom is -0.356 e. The summed E-state index contributed by atoms with van der Waals surface area (Å²) in [7, 11) is -0.399. The molecular weight excluding hydrogens is 376 g/mol. The molecule has 1 N–H and O–H groups in total. The Kier molecular flexibility index (Phi) is 7.09. The van der Waals surface area contributed by atoms with Crippen molar-refractivity contribution in [3.63, 3.8) is 0 Å². The first-order valence-electron chi connectivity index (χ1n) is 10.1. The van der Waals surface area contributed by atoms with Crippen molar-refractivity contribution in [2.75, 3.05) is 46.8 Å². The summed E-state index contributed by atoms with van der Waals surface area (Å²) in [5.74, 6) is -0.284. The van der Waals surface area contributed by atoms with Crippen LogP contribution in [0.3, 0.4) is 0 Å². The molecule has 156 valence electrons. The number of rotatable bonds is 7. The molecule has 8 heteroatoms. The van der Waals surface area contributed by atoms with E-state index < -0.39 is 10.2 Å². The van der Waals surface area contributed by atoms with E-state index in [0.29, 0.717) is 13.1 Å². The van der Waals surface area contributed by atoms with Gasteiger partial charge in [0, 0.05) is 53.4 Å². The minimum absolute atomic E-state index is 0.0253. The van der Waals surface area contributed by atoms with E-state index in [0.717, 1.165) is 45.3 Å². The zero-order valence-electron chi connectivity index (χ0n) is 16.9. The Morgan fingerprint density at radius 3 is 2.71 bits per heavy atom. The second kappa shape index (κ2) is 9.35. The zero-order valence-corrected chi connectivity index (χ0v) is 17.7. The number of fused-ring (bicyclic) bond motifs is 1. The number of nitrogens with one attached hydrogen (secondary N) is 1. The van der Waals surface area contributed by atoms with E-state index in [1.54, 1.807) is 0 Å². The number of piperidine rings is 1. The molecule has 7 nitrogen and oxygen atoms in total. The molecule has 0 bridgehead atoms. The standard InChI is InChI=1S/C20H32N4O3S/c1-22(2)28(26,27)24-13-5-9-19(16-24)20(25)21-11-6-12-23-14-10-17-7-3-4-8-18(17)15-23/h3-4,7-8,19H,5-6,9-16H2,1-2H3,(H,21,25).